The van der Waals surface area contributed by atoms with Crippen LogP contribution in [0, 0.1) is 0 Å². The zero-order chi connectivity index (χ0) is 16.8. The first kappa shape index (κ1) is 15.7. The van der Waals surface area contributed by atoms with E-state index in [9.17, 15) is 18.0 Å². The van der Waals surface area contributed by atoms with Crippen LogP contribution >= 0.6 is 12.1 Å². The van der Waals surface area contributed by atoms with Crippen molar-refractivity contribution in [3.63, 3.8) is 0 Å². The van der Waals surface area contributed by atoms with Crippen molar-refractivity contribution in [2.24, 2.45) is 4.40 Å². The number of nitrogens with zero attached hydrogens (tertiary/aromatic N) is 3. The van der Waals surface area contributed by atoms with Crippen molar-refractivity contribution >= 4 is 24.3 Å². The van der Waals surface area contributed by atoms with Gasteiger partial charge in [-0.05, 0) is 11.6 Å². The van der Waals surface area contributed by atoms with Gasteiger partial charge < -0.3 is 9.80 Å². The molecule has 5 nitrogen and oxygen atoms in total. The summed E-state index contributed by atoms with van der Waals surface area (Å²) in [6.07, 6.45) is -3.02. The number of benzene rings is 1. The molecule has 2 heterocycles. The van der Waals surface area contributed by atoms with E-state index in [4.69, 9.17) is 0 Å². The average molecular weight is 342 g/mol. The Labute approximate surface area is 135 Å². The molecule has 0 radical (unpaired) electrons. The number of hydrogen-bond donors (Lipinski definition) is 1. The molecule has 2 aliphatic heterocycles. The Morgan fingerprint density at radius 3 is 2.65 bits per heavy atom. The fraction of sp³-hybridized carbons (Fsp3) is 0.286. The number of hydrogen-bond acceptors (Lipinski definition) is 5. The van der Waals surface area contributed by atoms with E-state index in [1.165, 1.54) is 41.3 Å². The van der Waals surface area contributed by atoms with E-state index in [1.54, 1.807) is 7.05 Å². The van der Waals surface area contributed by atoms with Gasteiger partial charge in [0.1, 0.15) is 17.6 Å². The van der Waals surface area contributed by atoms with Crippen LogP contribution in [0.2, 0.25) is 0 Å². The Kier molecular flexibility index (Phi) is 3.75. The van der Waals surface area contributed by atoms with E-state index in [0.29, 0.717) is 11.5 Å². The van der Waals surface area contributed by atoms with Crippen LogP contribution < -0.4 is 4.72 Å². The number of carbonyl (C=O) groups excluding carboxylic acids is 1. The molecule has 1 aromatic carbocycles. The molecule has 1 amide bonds. The molecule has 122 valence electrons. The lowest BCUT2D eigenvalue weighted by molar-refractivity contribution is -0.140. The summed E-state index contributed by atoms with van der Waals surface area (Å²) < 4.78 is 46.8. The lowest BCUT2D eigenvalue weighted by Crippen LogP contribution is -2.49. The highest BCUT2D eigenvalue weighted by molar-refractivity contribution is 7.96. The fourth-order valence-corrected chi connectivity index (χ4v) is 3.23. The number of likely N-dealkylation sites (N-methyl/N-ethyl adjacent to an activating group) is 2. The molecule has 0 spiro atoms. The minimum Gasteiger partial charge on any atom is -0.343 e. The number of nitrogens with one attached hydrogen (secondary N) is 1. The molecule has 0 saturated carbocycles. The lowest BCUT2D eigenvalue weighted by Gasteiger charge is -2.41. The first-order chi connectivity index (χ1) is 10.8. The first-order valence-corrected chi connectivity index (χ1v) is 7.46. The monoisotopic (exact) mass is 342 g/mol. The smallest absolute Gasteiger partial charge is 0.343 e. The first-order valence-electron chi connectivity index (χ1n) is 6.68. The number of amides is 1. The highest BCUT2D eigenvalue weighted by atomic mass is 32.2. The molecule has 0 saturated heterocycles. The molecule has 1 aromatic rings. The van der Waals surface area contributed by atoms with Crippen molar-refractivity contribution in [1.82, 2.24) is 14.5 Å². The molecule has 1 atom stereocenters. The second kappa shape index (κ2) is 5.48. The SMILES string of the molecule is CN1C(=O)C(c2ccccc2C(F)(F)F)N(C)C2=C1C=NSN2. The normalized spacial score (nSPS) is 21.4. The molecule has 9 heteroatoms. The van der Waals surface area contributed by atoms with Gasteiger partial charge >= 0.3 is 6.18 Å². The van der Waals surface area contributed by atoms with Crippen molar-refractivity contribution in [2.45, 2.75) is 12.2 Å². The maximum absolute atomic E-state index is 13.3. The van der Waals surface area contributed by atoms with Crippen LogP contribution in [0.3, 0.4) is 0 Å². The largest absolute Gasteiger partial charge is 0.416 e. The van der Waals surface area contributed by atoms with Crippen LogP contribution in [-0.4, -0.2) is 36.0 Å². The van der Waals surface area contributed by atoms with Crippen LogP contribution in [0.1, 0.15) is 17.2 Å². The number of rotatable bonds is 1. The molecule has 1 N–H and O–H groups in total. The molecule has 2 aliphatic rings. The summed E-state index contributed by atoms with van der Waals surface area (Å²) in [5.74, 6) is 0.108. The Balaban J connectivity index is 2.13. The molecule has 23 heavy (non-hydrogen) atoms. The van der Waals surface area contributed by atoms with Gasteiger partial charge in [-0.1, -0.05) is 18.2 Å². The number of halogens is 3. The molecule has 0 aromatic heterocycles. The van der Waals surface area contributed by atoms with Gasteiger partial charge in [-0.3, -0.25) is 9.52 Å². The maximum atomic E-state index is 13.3. The van der Waals surface area contributed by atoms with Gasteiger partial charge in [0.2, 0.25) is 0 Å². The summed E-state index contributed by atoms with van der Waals surface area (Å²) in [4.78, 5) is 15.5. The lowest BCUT2D eigenvalue weighted by atomic mass is 9.96. The van der Waals surface area contributed by atoms with Gasteiger partial charge in [0, 0.05) is 14.1 Å². The Bertz CT molecular complexity index is 716. The highest BCUT2D eigenvalue weighted by Gasteiger charge is 2.43. The van der Waals surface area contributed by atoms with Crippen LogP contribution in [0.4, 0.5) is 13.2 Å². The second-order valence-electron chi connectivity index (χ2n) is 5.16. The predicted octanol–water partition coefficient (Wildman–Crippen LogP) is 2.56. The van der Waals surface area contributed by atoms with Crippen LogP contribution in [0.15, 0.2) is 40.2 Å². The zero-order valence-corrected chi connectivity index (χ0v) is 13.1. The third-order valence-corrected chi connectivity index (χ3v) is 4.33. The summed E-state index contributed by atoms with van der Waals surface area (Å²) in [6.45, 7) is 0. The summed E-state index contributed by atoms with van der Waals surface area (Å²) in [5.41, 5.74) is -0.350. The zero-order valence-electron chi connectivity index (χ0n) is 12.3. The standard InChI is InChI=1S/C14H13F3N4OS/c1-20-10-7-18-23-19-12(10)21(2)11(13(20)22)8-5-3-4-6-9(8)14(15,16)17/h3-7,11,19H,1-2H3. The molecule has 0 bridgehead atoms. The molecular formula is C14H13F3N4OS. The third-order valence-electron chi connectivity index (χ3n) is 3.84. The molecule has 1 unspecified atom stereocenters. The van der Waals surface area contributed by atoms with E-state index in [0.717, 1.165) is 18.2 Å². The van der Waals surface area contributed by atoms with Crippen LogP contribution in [-0.2, 0) is 11.0 Å². The molecule has 0 fully saturated rings. The Hall–Kier alpha value is -2.16. The fourth-order valence-electron chi connectivity index (χ4n) is 2.69. The van der Waals surface area contributed by atoms with Crippen LogP contribution in [0.25, 0.3) is 0 Å². The highest BCUT2D eigenvalue weighted by Crippen LogP contribution is 2.40. The minimum absolute atomic E-state index is 0.0692. The Morgan fingerprint density at radius 1 is 1.26 bits per heavy atom. The van der Waals surface area contributed by atoms with Crippen molar-refractivity contribution in [3.05, 3.63) is 46.9 Å². The average Bonchev–Trinajstić information content (AvgIpc) is 2.52. The molecular weight excluding hydrogens is 329 g/mol. The number of carbonyl (C=O) groups is 1. The van der Waals surface area contributed by atoms with Crippen molar-refractivity contribution in [2.75, 3.05) is 14.1 Å². The predicted molar refractivity (Wildman–Crippen MR) is 81.0 cm³/mol. The number of allylic oxidation sites excluding steroid dienone is 1. The topological polar surface area (TPSA) is 47.9 Å². The molecule has 0 aliphatic carbocycles. The molecule has 3 rings (SSSR count). The summed E-state index contributed by atoms with van der Waals surface area (Å²) in [7, 11) is 3.11. The quantitative estimate of drug-likeness (QED) is 0.797. The van der Waals surface area contributed by atoms with E-state index in [-0.39, 0.29) is 5.56 Å². The van der Waals surface area contributed by atoms with Gasteiger partial charge in [0.25, 0.3) is 5.91 Å². The van der Waals surface area contributed by atoms with Crippen molar-refractivity contribution in [3.8, 4) is 0 Å². The Morgan fingerprint density at radius 2 is 1.96 bits per heavy atom. The van der Waals surface area contributed by atoms with E-state index in [2.05, 4.69) is 9.12 Å². The van der Waals surface area contributed by atoms with E-state index >= 15 is 0 Å². The summed E-state index contributed by atoms with van der Waals surface area (Å²) in [6, 6.07) is 4.09. The van der Waals surface area contributed by atoms with Crippen molar-refractivity contribution in [1.29, 1.82) is 0 Å². The summed E-state index contributed by atoms with van der Waals surface area (Å²) in [5, 5.41) is 0. The van der Waals surface area contributed by atoms with E-state index in [1.807, 2.05) is 0 Å². The van der Waals surface area contributed by atoms with Gasteiger partial charge in [-0.25, -0.2) is 4.40 Å². The van der Waals surface area contributed by atoms with Gasteiger partial charge in [0.15, 0.2) is 0 Å². The second-order valence-corrected chi connectivity index (χ2v) is 5.75. The minimum atomic E-state index is -4.53. The van der Waals surface area contributed by atoms with Gasteiger partial charge in [-0.2, -0.15) is 13.2 Å². The van der Waals surface area contributed by atoms with Gasteiger partial charge in [-0.15, -0.1) is 0 Å². The van der Waals surface area contributed by atoms with Gasteiger partial charge in [0.05, 0.1) is 23.9 Å². The number of alkyl halides is 3. The summed E-state index contributed by atoms with van der Waals surface area (Å²) >= 11 is 1.05. The van der Waals surface area contributed by atoms with Crippen LogP contribution in [0.5, 0.6) is 0 Å². The maximum Gasteiger partial charge on any atom is 0.416 e. The van der Waals surface area contributed by atoms with E-state index < -0.39 is 23.7 Å². The third kappa shape index (κ3) is 2.54. The van der Waals surface area contributed by atoms with Crippen molar-refractivity contribution < 1.29 is 18.0 Å².